The largest absolute Gasteiger partial charge is 0.380 e. The van der Waals surface area contributed by atoms with Crippen LogP contribution < -0.4 is 5.32 Å². The second-order valence-electron chi connectivity index (χ2n) is 5.93. The van der Waals surface area contributed by atoms with Gasteiger partial charge in [-0.15, -0.1) is 0 Å². The molecule has 1 aromatic heterocycles. The van der Waals surface area contributed by atoms with Crippen molar-refractivity contribution in [3.05, 3.63) is 17.5 Å². The zero-order valence-electron chi connectivity index (χ0n) is 12.5. The summed E-state index contributed by atoms with van der Waals surface area (Å²) in [4.78, 5) is 0. The van der Waals surface area contributed by atoms with Gasteiger partial charge in [0.05, 0.1) is 19.3 Å². The summed E-state index contributed by atoms with van der Waals surface area (Å²) in [6.45, 7) is 10.0. The van der Waals surface area contributed by atoms with E-state index in [-0.39, 0.29) is 0 Å². The van der Waals surface area contributed by atoms with Crippen molar-refractivity contribution < 1.29 is 4.74 Å². The minimum atomic E-state index is 0.714. The molecule has 1 aromatic rings. The SMILES string of the molecule is Cc1c(CNC2CC2)cnn1CCOCCC(C)C. The molecule has 1 heterocycles. The fourth-order valence-electron chi connectivity index (χ4n) is 2.00. The van der Waals surface area contributed by atoms with Gasteiger partial charge in [0.25, 0.3) is 0 Å². The number of aromatic nitrogens is 2. The summed E-state index contributed by atoms with van der Waals surface area (Å²) in [6, 6.07) is 0.752. The highest BCUT2D eigenvalue weighted by Gasteiger charge is 2.20. The Morgan fingerprint density at radius 1 is 1.42 bits per heavy atom. The number of hydrogen-bond donors (Lipinski definition) is 1. The fourth-order valence-corrected chi connectivity index (χ4v) is 2.00. The molecule has 1 aliphatic rings. The Morgan fingerprint density at radius 2 is 2.21 bits per heavy atom. The lowest BCUT2D eigenvalue weighted by Crippen LogP contribution is -2.16. The highest BCUT2D eigenvalue weighted by Crippen LogP contribution is 2.19. The van der Waals surface area contributed by atoms with Crippen LogP contribution in [0.2, 0.25) is 0 Å². The predicted molar refractivity (Wildman–Crippen MR) is 77.1 cm³/mol. The number of nitrogens with zero attached hydrogens (tertiary/aromatic N) is 2. The van der Waals surface area contributed by atoms with E-state index in [1.165, 1.54) is 24.1 Å². The maximum atomic E-state index is 5.64. The molecule has 2 rings (SSSR count). The van der Waals surface area contributed by atoms with Crippen LogP contribution in [-0.2, 0) is 17.8 Å². The molecule has 0 aromatic carbocycles. The normalized spacial score (nSPS) is 15.4. The highest BCUT2D eigenvalue weighted by atomic mass is 16.5. The summed E-state index contributed by atoms with van der Waals surface area (Å²) in [5, 5.41) is 7.97. The van der Waals surface area contributed by atoms with Gasteiger partial charge in [-0.1, -0.05) is 13.8 Å². The van der Waals surface area contributed by atoms with E-state index < -0.39 is 0 Å². The Balaban J connectivity index is 1.67. The predicted octanol–water partition coefficient (Wildman–Crippen LogP) is 2.51. The van der Waals surface area contributed by atoms with Crippen molar-refractivity contribution in [1.29, 1.82) is 0 Å². The van der Waals surface area contributed by atoms with Crippen molar-refractivity contribution in [2.75, 3.05) is 13.2 Å². The molecule has 4 heteroatoms. The van der Waals surface area contributed by atoms with Crippen LogP contribution in [0.4, 0.5) is 0 Å². The standard InChI is InChI=1S/C15H27N3O/c1-12(2)6-8-19-9-7-18-13(3)14(11-17-18)10-16-15-4-5-15/h11-12,15-16H,4-10H2,1-3H3. The van der Waals surface area contributed by atoms with Crippen molar-refractivity contribution >= 4 is 0 Å². The average Bonchev–Trinajstić information content (AvgIpc) is 3.13. The molecule has 19 heavy (non-hydrogen) atoms. The number of nitrogens with one attached hydrogen (secondary N) is 1. The van der Waals surface area contributed by atoms with E-state index >= 15 is 0 Å². The van der Waals surface area contributed by atoms with Crippen LogP contribution in [-0.4, -0.2) is 29.0 Å². The van der Waals surface area contributed by atoms with Gasteiger partial charge in [-0.25, -0.2) is 0 Å². The Bertz CT molecular complexity index is 383. The maximum absolute atomic E-state index is 5.64. The van der Waals surface area contributed by atoms with E-state index in [0.29, 0.717) is 5.92 Å². The highest BCUT2D eigenvalue weighted by molar-refractivity contribution is 5.16. The molecule has 0 atom stereocenters. The van der Waals surface area contributed by atoms with Gasteiger partial charge in [-0.2, -0.15) is 5.10 Å². The van der Waals surface area contributed by atoms with Gasteiger partial charge in [0, 0.05) is 30.5 Å². The van der Waals surface area contributed by atoms with Gasteiger partial charge in [0.1, 0.15) is 0 Å². The summed E-state index contributed by atoms with van der Waals surface area (Å²) >= 11 is 0. The molecule has 0 radical (unpaired) electrons. The first-order valence-electron chi connectivity index (χ1n) is 7.49. The minimum absolute atomic E-state index is 0.714. The van der Waals surface area contributed by atoms with Gasteiger partial charge in [0.15, 0.2) is 0 Å². The fraction of sp³-hybridized carbons (Fsp3) is 0.800. The monoisotopic (exact) mass is 265 g/mol. The molecular formula is C15H27N3O. The smallest absolute Gasteiger partial charge is 0.0662 e. The number of rotatable bonds is 9. The lowest BCUT2D eigenvalue weighted by atomic mass is 10.1. The van der Waals surface area contributed by atoms with Gasteiger partial charge < -0.3 is 10.1 Å². The van der Waals surface area contributed by atoms with E-state index in [0.717, 1.165) is 38.8 Å². The van der Waals surface area contributed by atoms with Crippen molar-refractivity contribution in [2.24, 2.45) is 5.92 Å². The molecule has 0 spiro atoms. The summed E-state index contributed by atoms with van der Waals surface area (Å²) in [5.74, 6) is 0.714. The minimum Gasteiger partial charge on any atom is -0.380 e. The number of hydrogen-bond acceptors (Lipinski definition) is 3. The van der Waals surface area contributed by atoms with E-state index in [4.69, 9.17) is 4.74 Å². The van der Waals surface area contributed by atoms with Gasteiger partial charge >= 0.3 is 0 Å². The molecule has 0 amide bonds. The zero-order valence-corrected chi connectivity index (χ0v) is 12.5. The Kier molecular flexibility index (Phi) is 5.40. The summed E-state index contributed by atoms with van der Waals surface area (Å²) < 4.78 is 7.70. The second kappa shape index (κ2) is 7.06. The molecule has 0 aliphatic heterocycles. The second-order valence-corrected chi connectivity index (χ2v) is 5.93. The van der Waals surface area contributed by atoms with Crippen LogP contribution in [0.15, 0.2) is 6.20 Å². The van der Waals surface area contributed by atoms with Crippen LogP contribution in [0.25, 0.3) is 0 Å². The quantitative estimate of drug-likeness (QED) is 0.697. The first-order chi connectivity index (χ1) is 9.16. The molecule has 0 unspecified atom stereocenters. The molecular weight excluding hydrogens is 238 g/mol. The third kappa shape index (κ3) is 4.96. The Hall–Kier alpha value is -0.870. The van der Waals surface area contributed by atoms with Crippen molar-refractivity contribution in [1.82, 2.24) is 15.1 Å². The van der Waals surface area contributed by atoms with Crippen LogP contribution >= 0.6 is 0 Å². The van der Waals surface area contributed by atoms with E-state index in [9.17, 15) is 0 Å². The van der Waals surface area contributed by atoms with Crippen molar-refractivity contribution in [3.8, 4) is 0 Å². The van der Waals surface area contributed by atoms with Gasteiger partial charge in [0.2, 0.25) is 0 Å². The van der Waals surface area contributed by atoms with Crippen LogP contribution in [0, 0.1) is 12.8 Å². The third-order valence-corrected chi connectivity index (χ3v) is 3.65. The first-order valence-corrected chi connectivity index (χ1v) is 7.49. The first kappa shape index (κ1) is 14.5. The van der Waals surface area contributed by atoms with Crippen LogP contribution in [0.1, 0.15) is 44.4 Å². The molecule has 1 aliphatic carbocycles. The summed E-state index contributed by atoms with van der Waals surface area (Å²) in [6.07, 6.45) is 5.78. The van der Waals surface area contributed by atoms with Crippen LogP contribution in [0.3, 0.4) is 0 Å². The molecule has 1 fully saturated rings. The molecule has 1 N–H and O–H groups in total. The topological polar surface area (TPSA) is 39.1 Å². The molecule has 0 saturated heterocycles. The van der Waals surface area contributed by atoms with E-state index in [2.05, 4.69) is 35.9 Å². The molecule has 4 nitrogen and oxygen atoms in total. The zero-order chi connectivity index (χ0) is 13.7. The Labute approximate surface area is 116 Å². The lowest BCUT2D eigenvalue weighted by Gasteiger charge is -2.08. The summed E-state index contributed by atoms with van der Waals surface area (Å²) in [5.41, 5.74) is 2.58. The molecule has 0 bridgehead atoms. The maximum Gasteiger partial charge on any atom is 0.0662 e. The third-order valence-electron chi connectivity index (χ3n) is 3.65. The van der Waals surface area contributed by atoms with Crippen molar-refractivity contribution in [3.63, 3.8) is 0 Å². The summed E-state index contributed by atoms with van der Waals surface area (Å²) in [7, 11) is 0. The van der Waals surface area contributed by atoms with Crippen LogP contribution in [0.5, 0.6) is 0 Å². The van der Waals surface area contributed by atoms with E-state index in [1.807, 2.05) is 6.20 Å². The number of ether oxygens (including phenoxy) is 1. The average molecular weight is 265 g/mol. The van der Waals surface area contributed by atoms with Crippen molar-refractivity contribution in [2.45, 2.75) is 59.2 Å². The van der Waals surface area contributed by atoms with Gasteiger partial charge in [-0.3, -0.25) is 4.68 Å². The molecule has 1 saturated carbocycles. The lowest BCUT2D eigenvalue weighted by molar-refractivity contribution is 0.113. The van der Waals surface area contributed by atoms with E-state index in [1.54, 1.807) is 0 Å². The molecule has 108 valence electrons. The van der Waals surface area contributed by atoms with Gasteiger partial charge in [-0.05, 0) is 32.1 Å². The Morgan fingerprint density at radius 3 is 2.89 bits per heavy atom.